The molecule has 0 aromatic heterocycles. The molecule has 6 aliphatic rings. The van der Waals surface area contributed by atoms with Crippen LogP contribution in [0.1, 0.15) is 0 Å². The molecule has 0 N–H and O–H groups in total. The Labute approximate surface area is 190 Å². The van der Waals surface area contributed by atoms with Gasteiger partial charge in [0.1, 0.15) is 13.2 Å². The molecule has 6 aliphatic heterocycles. The second kappa shape index (κ2) is 8.65. The first-order chi connectivity index (χ1) is 15.4. The van der Waals surface area contributed by atoms with Crippen molar-refractivity contribution < 1.29 is 57.1 Å². The Bertz CT molecular complexity index is 736. The average Bonchev–Trinajstić information content (AvgIpc) is 3.59. The Morgan fingerprint density at radius 2 is 1.06 bits per heavy atom. The molecule has 0 bridgehead atoms. The van der Waals surface area contributed by atoms with Gasteiger partial charge in [-0.2, -0.15) is 23.5 Å². The van der Waals surface area contributed by atoms with E-state index in [0.29, 0.717) is 23.7 Å². The standard InChI is InChI=1S/C12H16O6S2.C6H4O6/c13-11-9(5-19-3-7-1-15-7)17-12(14)10(18-11)6-20-4-8-2-16-8;7-3-5(1-9-5)11-4(8)6(12-3)2-10-6/h7-10H,1-6H2;1-2H2. The summed E-state index contributed by atoms with van der Waals surface area (Å²) in [4.78, 5) is 45.7. The van der Waals surface area contributed by atoms with Crippen LogP contribution in [0.3, 0.4) is 0 Å². The van der Waals surface area contributed by atoms with Crippen LogP contribution in [0.2, 0.25) is 0 Å². The van der Waals surface area contributed by atoms with Gasteiger partial charge in [0.2, 0.25) is 12.2 Å². The molecular formula is C18H20O12S2. The molecule has 0 radical (unpaired) electrons. The van der Waals surface area contributed by atoms with E-state index in [0.717, 1.165) is 24.7 Å². The van der Waals surface area contributed by atoms with Crippen LogP contribution in [0, 0.1) is 0 Å². The number of esters is 4. The van der Waals surface area contributed by atoms with Crippen LogP contribution in [0.5, 0.6) is 0 Å². The van der Waals surface area contributed by atoms with Crippen molar-refractivity contribution in [3.05, 3.63) is 0 Å². The molecule has 6 heterocycles. The van der Waals surface area contributed by atoms with E-state index in [1.165, 1.54) is 0 Å². The van der Waals surface area contributed by atoms with E-state index in [4.69, 9.17) is 28.4 Å². The molecule has 0 aromatic rings. The van der Waals surface area contributed by atoms with Crippen LogP contribution in [-0.4, -0.2) is 109 Å². The number of carbonyl (C=O) groups is 4. The SMILES string of the molecule is O=C1OC(CSCC2CO2)C(=O)OC1CSCC1CO1.O=C1OC2(CO2)C(=O)OC12CO2. The third-order valence-corrected chi connectivity index (χ3v) is 7.24. The predicted molar refractivity (Wildman–Crippen MR) is 103 cm³/mol. The van der Waals surface area contributed by atoms with Gasteiger partial charge in [-0.15, -0.1) is 0 Å². The maximum atomic E-state index is 11.8. The highest BCUT2D eigenvalue weighted by Gasteiger charge is 2.72. The monoisotopic (exact) mass is 492 g/mol. The van der Waals surface area contributed by atoms with Crippen molar-refractivity contribution in [2.75, 3.05) is 49.4 Å². The normalized spacial score (nSPS) is 40.5. The largest absolute Gasteiger partial charge is 0.447 e. The number of epoxide rings is 4. The summed E-state index contributed by atoms with van der Waals surface area (Å²) in [5, 5.41) is 0. The fraction of sp³-hybridized carbons (Fsp3) is 0.778. The molecule has 6 fully saturated rings. The van der Waals surface area contributed by atoms with Gasteiger partial charge < -0.3 is 37.9 Å². The number of ether oxygens (including phenoxy) is 8. The molecule has 176 valence electrons. The van der Waals surface area contributed by atoms with E-state index in [1.807, 2.05) is 0 Å². The zero-order valence-electron chi connectivity index (χ0n) is 16.7. The lowest BCUT2D eigenvalue weighted by Gasteiger charge is -2.27. The molecule has 0 aromatic carbocycles. The number of carbonyl (C=O) groups excluding carboxylic acids is 4. The summed E-state index contributed by atoms with van der Waals surface area (Å²) in [6.45, 7) is 1.72. The van der Waals surface area contributed by atoms with Crippen molar-refractivity contribution in [1.29, 1.82) is 0 Å². The summed E-state index contributed by atoms with van der Waals surface area (Å²) >= 11 is 3.09. The highest BCUT2D eigenvalue weighted by atomic mass is 32.2. The topological polar surface area (TPSA) is 155 Å². The van der Waals surface area contributed by atoms with Crippen LogP contribution in [0.4, 0.5) is 0 Å². The molecule has 6 saturated heterocycles. The minimum absolute atomic E-state index is 0.0770. The van der Waals surface area contributed by atoms with Crippen LogP contribution in [0.25, 0.3) is 0 Å². The molecule has 2 spiro atoms. The number of thioether (sulfide) groups is 2. The summed E-state index contributed by atoms with van der Waals surface area (Å²) in [6, 6.07) is 0. The lowest BCUT2D eigenvalue weighted by molar-refractivity contribution is -0.223. The minimum atomic E-state index is -1.44. The zero-order valence-corrected chi connectivity index (χ0v) is 18.3. The first-order valence-electron chi connectivity index (χ1n) is 9.94. The lowest BCUT2D eigenvalue weighted by Crippen LogP contribution is -2.48. The lowest BCUT2D eigenvalue weighted by atomic mass is 10.3. The van der Waals surface area contributed by atoms with E-state index < -0.39 is 47.7 Å². The van der Waals surface area contributed by atoms with Gasteiger partial charge in [0.15, 0.2) is 0 Å². The maximum absolute atomic E-state index is 11.8. The van der Waals surface area contributed by atoms with Gasteiger partial charge >= 0.3 is 35.5 Å². The van der Waals surface area contributed by atoms with E-state index in [9.17, 15) is 19.2 Å². The molecule has 12 nitrogen and oxygen atoms in total. The van der Waals surface area contributed by atoms with Crippen molar-refractivity contribution in [3.63, 3.8) is 0 Å². The molecule has 0 aliphatic carbocycles. The number of hydrogen-bond donors (Lipinski definition) is 0. The van der Waals surface area contributed by atoms with E-state index >= 15 is 0 Å². The van der Waals surface area contributed by atoms with Crippen molar-refractivity contribution in [3.8, 4) is 0 Å². The van der Waals surface area contributed by atoms with Crippen molar-refractivity contribution in [2.24, 2.45) is 0 Å². The fourth-order valence-corrected chi connectivity index (χ4v) is 4.72. The Hall–Kier alpha value is -1.58. The number of hydrogen-bond acceptors (Lipinski definition) is 14. The molecule has 6 rings (SSSR count). The molecule has 14 heteroatoms. The zero-order chi connectivity index (χ0) is 22.3. The van der Waals surface area contributed by atoms with E-state index in [1.54, 1.807) is 23.5 Å². The highest BCUT2D eigenvalue weighted by molar-refractivity contribution is 7.99. The first kappa shape index (κ1) is 22.2. The number of cyclic esters (lactones) is 2. The summed E-state index contributed by atoms with van der Waals surface area (Å²) in [5.74, 6) is -2.61. The van der Waals surface area contributed by atoms with E-state index in [2.05, 4.69) is 9.47 Å². The maximum Gasteiger partial charge on any atom is 0.385 e. The van der Waals surface area contributed by atoms with Crippen molar-refractivity contribution in [1.82, 2.24) is 0 Å². The van der Waals surface area contributed by atoms with E-state index in [-0.39, 0.29) is 13.2 Å². The van der Waals surface area contributed by atoms with Gasteiger partial charge in [0.05, 0.1) is 25.4 Å². The van der Waals surface area contributed by atoms with Crippen LogP contribution in [-0.2, 0) is 57.1 Å². The fourth-order valence-electron chi connectivity index (χ4n) is 2.70. The average molecular weight is 492 g/mol. The minimum Gasteiger partial charge on any atom is -0.447 e. The third-order valence-electron chi connectivity index (χ3n) is 4.94. The Morgan fingerprint density at radius 3 is 1.38 bits per heavy atom. The Morgan fingerprint density at radius 1 is 0.688 bits per heavy atom. The summed E-state index contributed by atoms with van der Waals surface area (Å²) in [5.41, 5.74) is 0. The van der Waals surface area contributed by atoms with Gasteiger partial charge in [-0.1, -0.05) is 0 Å². The second-order valence-electron chi connectivity index (χ2n) is 7.70. The Kier molecular flexibility index (Phi) is 6.01. The highest BCUT2D eigenvalue weighted by Crippen LogP contribution is 2.43. The summed E-state index contributed by atoms with van der Waals surface area (Å²) in [6.07, 6.45) is -0.966. The van der Waals surface area contributed by atoms with Gasteiger partial charge in [-0.3, -0.25) is 0 Å². The van der Waals surface area contributed by atoms with Crippen LogP contribution >= 0.6 is 23.5 Å². The molecular weight excluding hydrogens is 472 g/mol. The number of rotatable bonds is 8. The van der Waals surface area contributed by atoms with Crippen molar-refractivity contribution in [2.45, 2.75) is 36.0 Å². The van der Waals surface area contributed by atoms with Crippen LogP contribution < -0.4 is 0 Å². The summed E-state index contributed by atoms with van der Waals surface area (Å²) in [7, 11) is 0. The quantitative estimate of drug-likeness (QED) is 0.222. The van der Waals surface area contributed by atoms with Crippen molar-refractivity contribution >= 4 is 47.4 Å². The van der Waals surface area contributed by atoms with Crippen LogP contribution in [0.15, 0.2) is 0 Å². The van der Waals surface area contributed by atoms with Gasteiger partial charge in [-0.25, -0.2) is 19.2 Å². The molecule has 6 atom stereocenters. The van der Waals surface area contributed by atoms with Gasteiger partial charge in [0, 0.05) is 23.0 Å². The molecule has 32 heavy (non-hydrogen) atoms. The predicted octanol–water partition coefficient (Wildman–Crippen LogP) is -1.37. The smallest absolute Gasteiger partial charge is 0.385 e. The van der Waals surface area contributed by atoms with Gasteiger partial charge in [0.25, 0.3) is 0 Å². The second-order valence-corrected chi connectivity index (χ2v) is 9.85. The molecule has 0 amide bonds. The van der Waals surface area contributed by atoms with Gasteiger partial charge in [-0.05, 0) is 0 Å². The summed E-state index contributed by atoms with van der Waals surface area (Å²) < 4.78 is 39.2. The Balaban J connectivity index is 0.000000152. The molecule has 6 unspecified atom stereocenters. The molecule has 0 saturated carbocycles. The third kappa shape index (κ3) is 5.15. The first-order valence-corrected chi connectivity index (χ1v) is 12.2.